The first-order valence-electron chi connectivity index (χ1n) is 10.7. The molecule has 1 heterocycles. The second-order valence-electron chi connectivity index (χ2n) is 8.70. The van der Waals surface area contributed by atoms with Crippen molar-refractivity contribution in [3.05, 3.63) is 24.0 Å². The fraction of sp³-hybridized carbons (Fsp3) is 0.636. The van der Waals surface area contributed by atoms with Crippen LogP contribution in [-0.2, 0) is 9.59 Å². The fourth-order valence-corrected chi connectivity index (χ4v) is 5.24. The molecular formula is C22H30FN3O2. The minimum Gasteiger partial charge on any atom is -0.325 e. The van der Waals surface area contributed by atoms with Gasteiger partial charge < -0.3 is 16.0 Å². The zero-order valence-corrected chi connectivity index (χ0v) is 16.4. The highest BCUT2D eigenvalue weighted by Gasteiger charge is 2.49. The molecule has 28 heavy (non-hydrogen) atoms. The number of anilines is 2. The zero-order valence-electron chi connectivity index (χ0n) is 16.4. The van der Waals surface area contributed by atoms with Crippen LogP contribution in [-0.4, -0.2) is 24.9 Å². The predicted octanol–water partition coefficient (Wildman–Crippen LogP) is 4.06. The summed E-state index contributed by atoms with van der Waals surface area (Å²) in [5.74, 6) is -0.255. The Morgan fingerprint density at radius 2 is 1.82 bits per heavy atom. The highest BCUT2D eigenvalue weighted by Crippen LogP contribution is 2.44. The molecule has 5 nitrogen and oxygen atoms in total. The molecule has 6 heteroatoms. The van der Waals surface area contributed by atoms with Crippen LogP contribution in [0.5, 0.6) is 0 Å². The largest absolute Gasteiger partial charge is 0.325 e. The smallest absolute Gasteiger partial charge is 0.232 e. The van der Waals surface area contributed by atoms with Crippen LogP contribution in [0.3, 0.4) is 0 Å². The number of fused-ring (bicyclic) bond motifs is 1. The molecule has 0 unspecified atom stereocenters. The number of nitrogens with one attached hydrogen (secondary N) is 3. The van der Waals surface area contributed by atoms with Crippen LogP contribution in [0.1, 0.15) is 57.8 Å². The Morgan fingerprint density at radius 3 is 2.64 bits per heavy atom. The average Bonchev–Trinajstić information content (AvgIpc) is 3.16. The van der Waals surface area contributed by atoms with Gasteiger partial charge in [-0.15, -0.1) is 0 Å². The summed E-state index contributed by atoms with van der Waals surface area (Å²) in [6.45, 7) is 1.59. The number of carbonyl (C=O) groups excluding carboxylic acids is 2. The second-order valence-corrected chi connectivity index (χ2v) is 8.70. The van der Waals surface area contributed by atoms with Crippen molar-refractivity contribution in [1.82, 2.24) is 5.32 Å². The first-order chi connectivity index (χ1) is 13.6. The van der Waals surface area contributed by atoms with Crippen molar-refractivity contribution in [2.75, 3.05) is 23.7 Å². The highest BCUT2D eigenvalue weighted by molar-refractivity contribution is 5.98. The standard InChI is InChI=1S/C22H30FN3O2/c23-18-10-9-17(12-19(18)26-20(27)15-6-2-1-3-7-15)25-21(28)22-11-5-4-8-16(22)13-24-14-22/h9-10,12,15-16,24H,1-8,11,13-14H2,(H,25,28)(H,26,27)/t16-,22+/m0/s1. The van der Waals surface area contributed by atoms with E-state index in [9.17, 15) is 14.0 Å². The molecule has 3 aliphatic rings. The molecule has 1 aromatic rings. The van der Waals surface area contributed by atoms with Crippen LogP contribution in [0.25, 0.3) is 0 Å². The maximum absolute atomic E-state index is 14.3. The molecule has 2 aliphatic carbocycles. The van der Waals surface area contributed by atoms with Gasteiger partial charge in [-0.1, -0.05) is 32.1 Å². The van der Waals surface area contributed by atoms with Gasteiger partial charge in [0.1, 0.15) is 5.82 Å². The van der Waals surface area contributed by atoms with Gasteiger partial charge in [-0.25, -0.2) is 4.39 Å². The van der Waals surface area contributed by atoms with Crippen molar-refractivity contribution < 1.29 is 14.0 Å². The zero-order chi connectivity index (χ0) is 19.6. The van der Waals surface area contributed by atoms with Gasteiger partial charge in [0.25, 0.3) is 0 Å². The van der Waals surface area contributed by atoms with Gasteiger partial charge in [-0.05, 0) is 56.3 Å². The molecule has 0 spiro atoms. The molecule has 2 saturated carbocycles. The molecule has 152 valence electrons. The van der Waals surface area contributed by atoms with E-state index in [2.05, 4.69) is 16.0 Å². The van der Waals surface area contributed by atoms with E-state index in [1.54, 1.807) is 12.1 Å². The number of hydrogen-bond donors (Lipinski definition) is 3. The van der Waals surface area contributed by atoms with E-state index >= 15 is 0 Å². The second kappa shape index (κ2) is 8.19. The van der Waals surface area contributed by atoms with Crippen LogP contribution in [0, 0.1) is 23.1 Å². The molecule has 3 N–H and O–H groups in total. The Bertz CT molecular complexity index is 747. The van der Waals surface area contributed by atoms with Crippen LogP contribution >= 0.6 is 0 Å². The van der Waals surface area contributed by atoms with E-state index in [0.29, 0.717) is 18.2 Å². The summed E-state index contributed by atoms with van der Waals surface area (Å²) in [6, 6.07) is 4.43. The molecule has 0 bridgehead atoms. The predicted molar refractivity (Wildman–Crippen MR) is 107 cm³/mol. The van der Waals surface area contributed by atoms with Crippen molar-refractivity contribution in [1.29, 1.82) is 0 Å². The van der Waals surface area contributed by atoms with Crippen LogP contribution in [0.4, 0.5) is 15.8 Å². The minimum atomic E-state index is -0.474. The van der Waals surface area contributed by atoms with Gasteiger partial charge in [0.15, 0.2) is 0 Å². The van der Waals surface area contributed by atoms with Crippen molar-refractivity contribution >= 4 is 23.2 Å². The normalized spacial score (nSPS) is 27.8. The summed E-state index contributed by atoms with van der Waals surface area (Å²) in [4.78, 5) is 25.6. The number of amides is 2. The molecule has 4 rings (SSSR count). The molecule has 0 aromatic heterocycles. The summed E-state index contributed by atoms with van der Waals surface area (Å²) < 4.78 is 14.3. The lowest BCUT2D eigenvalue weighted by molar-refractivity contribution is -0.128. The third kappa shape index (κ3) is 3.79. The highest BCUT2D eigenvalue weighted by atomic mass is 19.1. The molecule has 1 aliphatic heterocycles. The molecule has 3 fully saturated rings. The lowest BCUT2D eigenvalue weighted by Crippen LogP contribution is -2.44. The summed E-state index contributed by atoms with van der Waals surface area (Å²) in [6.07, 6.45) is 9.20. The van der Waals surface area contributed by atoms with Crippen LogP contribution < -0.4 is 16.0 Å². The van der Waals surface area contributed by atoms with E-state index in [1.807, 2.05) is 0 Å². The van der Waals surface area contributed by atoms with Crippen molar-refractivity contribution in [3.8, 4) is 0 Å². The molecule has 1 saturated heterocycles. The molecular weight excluding hydrogens is 357 g/mol. The monoisotopic (exact) mass is 387 g/mol. The van der Waals surface area contributed by atoms with Gasteiger partial charge in [0.2, 0.25) is 11.8 Å². The summed E-state index contributed by atoms with van der Waals surface area (Å²) in [7, 11) is 0. The number of benzene rings is 1. The number of halogens is 1. The Hall–Kier alpha value is -1.95. The first kappa shape index (κ1) is 19.4. The third-order valence-electron chi connectivity index (χ3n) is 6.95. The van der Waals surface area contributed by atoms with E-state index < -0.39 is 5.82 Å². The summed E-state index contributed by atoms with van der Waals surface area (Å²) >= 11 is 0. The van der Waals surface area contributed by atoms with Gasteiger partial charge in [-0.2, -0.15) is 0 Å². The number of hydrogen-bond acceptors (Lipinski definition) is 3. The maximum atomic E-state index is 14.3. The van der Waals surface area contributed by atoms with Crippen molar-refractivity contribution in [2.24, 2.45) is 17.3 Å². The minimum absolute atomic E-state index is 0.0124. The molecule has 1 aromatic carbocycles. The Balaban J connectivity index is 1.46. The Labute approximate surface area is 165 Å². The summed E-state index contributed by atoms with van der Waals surface area (Å²) in [5.41, 5.74) is 0.324. The third-order valence-corrected chi connectivity index (χ3v) is 6.95. The van der Waals surface area contributed by atoms with E-state index in [4.69, 9.17) is 0 Å². The van der Waals surface area contributed by atoms with Gasteiger partial charge >= 0.3 is 0 Å². The van der Waals surface area contributed by atoms with E-state index in [0.717, 1.165) is 57.9 Å². The van der Waals surface area contributed by atoms with Gasteiger partial charge in [0.05, 0.1) is 11.1 Å². The molecule has 2 atom stereocenters. The van der Waals surface area contributed by atoms with Crippen LogP contribution in [0.15, 0.2) is 18.2 Å². The average molecular weight is 387 g/mol. The topological polar surface area (TPSA) is 70.2 Å². The number of carbonyl (C=O) groups is 2. The van der Waals surface area contributed by atoms with Crippen LogP contribution in [0.2, 0.25) is 0 Å². The molecule has 2 amide bonds. The first-order valence-corrected chi connectivity index (χ1v) is 10.7. The maximum Gasteiger partial charge on any atom is 0.232 e. The van der Waals surface area contributed by atoms with E-state index in [-0.39, 0.29) is 28.8 Å². The SMILES string of the molecule is O=C(Nc1cc(NC(=O)[C@@]23CCCC[C@H]2CNC3)ccc1F)C1CCCCC1. The summed E-state index contributed by atoms with van der Waals surface area (Å²) in [5, 5.41) is 9.11. The van der Waals surface area contributed by atoms with E-state index in [1.165, 1.54) is 12.5 Å². The van der Waals surface area contributed by atoms with Crippen molar-refractivity contribution in [2.45, 2.75) is 57.8 Å². The Morgan fingerprint density at radius 1 is 1.04 bits per heavy atom. The quantitative estimate of drug-likeness (QED) is 0.730. The fourth-order valence-electron chi connectivity index (χ4n) is 5.24. The lowest BCUT2D eigenvalue weighted by atomic mass is 9.67. The number of rotatable bonds is 4. The Kier molecular flexibility index (Phi) is 5.67. The van der Waals surface area contributed by atoms with Gasteiger partial charge in [0, 0.05) is 18.2 Å². The lowest BCUT2D eigenvalue weighted by Gasteiger charge is -2.37. The van der Waals surface area contributed by atoms with Gasteiger partial charge in [-0.3, -0.25) is 9.59 Å². The van der Waals surface area contributed by atoms with Crippen molar-refractivity contribution in [3.63, 3.8) is 0 Å². The molecule has 0 radical (unpaired) electrons.